The number of benzene rings is 2. The molecule has 0 aliphatic carbocycles. The van der Waals surface area contributed by atoms with Gasteiger partial charge >= 0.3 is 0 Å². The topological polar surface area (TPSA) is 35.5 Å². The molecular weight excluding hydrogens is 295 g/mol. The maximum absolute atomic E-state index is 13.5. The van der Waals surface area contributed by atoms with E-state index >= 15 is 0 Å². The van der Waals surface area contributed by atoms with Crippen LogP contribution in [0.4, 0.5) is 4.39 Å². The Morgan fingerprint density at radius 1 is 1.19 bits per heavy atom. The highest BCUT2D eigenvalue weighted by Gasteiger charge is 2.11. The van der Waals surface area contributed by atoms with Crippen LogP contribution in [0.2, 0.25) is 5.02 Å². The molecule has 0 saturated carbocycles. The van der Waals surface area contributed by atoms with Gasteiger partial charge in [-0.15, -0.1) is 0 Å². The van der Waals surface area contributed by atoms with Gasteiger partial charge in [-0.05, 0) is 48.9 Å². The third-order valence-electron chi connectivity index (χ3n) is 2.97. The summed E-state index contributed by atoms with van der Waals surface area (Å²) in [5.41, 5.74) is 1.07. The summed E-state index contributed by atoms with van der Waals surface area (Å²) in [6, 6.07) is 9.17. The molecule has 0 spiro atoms. The number of methoxy groups -OCH3 is 1. The Kier molecular flexibility index (Phi) is 4.81. The highest BCUT2D eigenvalue weighted by molar-refractivity contribution is 6.30. The van der Waals surface area contributed by atoms with Crippen molar-refractivity contribution in [2.75, 3.05) is 13.7 Å². The van der Waals surface area contributed by atoms with Gasteiger partial charge in [0.1, 0.15) is 5.75 Å². The molecule has 0 atom stereocenters. The van der Waals surface area contributed by atoms with E-state index in [1.165, 1.54) is 19.2 Å². The fourth-order valence-corrected chi connectivity index (χ4v) is 2.07. The molecule has 0 aromatic heterocycles. The first-order chi connectivity index (χ1) is 10.0. The Morgan fingerprint density at radius 2 is 1.90 bits per heavy atom. The lowest BCUT2D eigenvalue weighted by molar-refractivity contribution is 0.0920. The number of ether oxygens (including phenoxy) is 2. The fourth-order valence-electron chi connectivity index (χ4n) is 1.84. The highest BCUT2D eigenvalue weighted by Crippen LogP contribution is 2.22. The van der Waals surface area contributed by atoms with Crippen LogP contribution < -0.4 is 9.47 Å². The molecule has 0 amide bonds. The molecule has 0 N–H and O–H groups in total. The zero-order chi connectivity index (χ0) is 15.4. The van der Waals surface area contributed by atoms with Crippen molar-refractivity contribution in [2.45, 2.75) is 6.92 Å². The van der Waals surface area contributed by atoms with Crippen LogP contribution in [-0.4, -0.2) is 19.5 Å². The van der Waals surface area contributed by atoms with Crippen molar-refractivity contribution in [1.29, 1.82) is 0 Å². The Bertz CT molecular complexity index is 671. The van der Waals surface area contributed by atoms with E-state index < -0.39 is 5.82 Å². The van der Waals surface area contributed by atoms with Gasteiger partial charge in [0.05, 0.1) is 7.11 Å². The smallest absolute Gasteiger partial charge is 0.200 e. The van der Waals surface area contributed by atoms with Gasteiger partial charge in [-0.1, -0.05) is 11.6 Å². The quantitative estimate of drug-likeness (QED) is 0.781. The number of ketones is 1. The zero-order valence-electron chi connectivity index (χ0n) is 11.7. The minimum Gasteiger partial charge on any atom is -0.494 e. The van der Waals surface area contributed by atoms with E-state index in [1.807, 2.05) is 6.92 Å². The largest absolute Gasteiger partial charge is 0.494 e. The van der Waals surface area contributed by atoms with Crippen molar-refractivity contribution in [1.82, 2.24) is 0 Å². The van der Waals surface area contributed by atoms with Gasteiger partial charge < -0.3 is 9.47 Å². The summed E-state index contributed by atoms with van der Waals surface area (Å²) in [5.74, 6) is -0.223. The lowest BCUT2D eigenvalue weighted by Crippen LogP contribution is -2.12. The molecule has 0 aliphatic rings. The van der Waals surface area contributed by atoms with Gasteiger partial charge in [0.25, 0.3) is 0 Å². The molecule has 3 nitrogen and oxygen atoms in total. The first-order valence-corrected chi connectivity index (χ1v) is 6.64. The number of carbonyl (C=O) groups is 1. The second-order valence-corrected chi connectivity index (χ2v) is 4.91. The van der Waals surface area contributed by atoms with Gasteiger partial charge in [-0.2, -0.15) is 0 Å². The Hall–Kier alpha value is -2.07. The molecule has 0 radical (unpaired) electrons. The predicted octanol–water partition coefficient (Wildman–Crippen LogP) is 4.06. The Morgan fingerprint density at radius 3 is 2.52 bits per heavy atom. The van der Waals surface area contributed by atoms with E-state index in [4.69, 9.17) is 21.1 Å². The van der Waals surface area contributed by atoms with Crippen LogP contribution in [0.3, 0.4) is 0 Å². The molecule has 0 heterocycles. The van der Waals surface area contributed by atoms with Crippen molar-refractivity contribution in [3.8, 4) is 11.5 Å². The molecular formula is C16H14ClFO3. The van der Waals surface area contributed by atoms with Crippen LogP contribution in [0.15, 0.2) is 36.4 Å². The second-order valence-electron chi connectivity index (χ2n) is 4.47. The average Bonchev–Trinajstić information content (AvgIpc) is 2.46. The van der Waals surface area contributed by atoms with E-state index in [0.29, 0.717) is 10.8 Å². The SMILES string of the molecule is COc1ccc(C(=O)COc2ccc(Cl)cc2C)cc1F. The lowest BCUT2D eigenvalue weighted by atomic mass is 10.1. The van der Waals surface area contributed by atoms with Crippen molar-refractivity contribution in [3.63, 3.8) is 0 Å². The van der Waals surface area contributed by atoms with Gasteiger partial charge in [0, 0.05) is 10.6 Å². The van der Waals surface area contributed by atoms with Crippen LogP contribution in [0, 0.1) is 12.7 Å². The van der Waals surface area contributed by atoms with Crippen LogP contribution in [0.25, 0.3) is 0 Å². The monoisotopic (exact) mass is 308 g/mol. The van der Waals surface area contributed by atoms with Crippen LogP contribution in [-0.2, 0) is 0 Å². The molecule has 0 bridgehead atoms. The number of carbonyl (C=O) groups excluding carboxylic acids is 1. The summed E-state index contributed by atoms with van der Waals surface area (Å²) >= 11 is 5.85. The summed E-state index contributed by atoms with van der Waals surface area (Å²) in [6.07, 6.45) is 0. The summed E-state index contributed by atoms with van der Waals surface area (Å²) in [6.45, 7) is 1.66. The summed E-state index contributed by atoms with van der Waals surface area (Å²) < 4.78 is 23.8. The van der Waals surface area contributed by atoms with Crippen molar-refractivity contribution < 1.29 is 18.7 Å². The summed E-state index contributed by atoms with van der Waals surface area (Å²) in [5, 5.41) is 0.600. The Balaban J connectivity index is 2.06. The second kappa shape index (κ2) is 6.59. The lowest BCUT2D eigenvalue weighted by Gasteiger charge is -2.09. The van der Waals surface area contributed by atoms with E-state index in [2.05, 4.69) is 0 Å². The average molecular weight is 309 g/mol. The number of rotatable bonds is 5. The first kappa shape index (κ1) is 15.3. The van der Waals surface area contributed by atoms with Gasteiger partial charge in [0.15, 0.2) is 24.0 Å². The predicted molar refractivity (Wildman–Crippen MR) is 79.0 cm³/mol. The van der Waals surface area contributed by atoms with Crippen LogP contribution >= 0.6 is 11.6 Å². The third-order valence-corrected chi connectivity index (χ3v) is 3.20. The number of hydrogen-bond donors (Lipinski definition) is 0. The maximum atomic E-state index is 13.5. The van der Waals surface area contributed by atoms with E-state index in [-0.39, 0.29) is 23.7 Å². The number of Topliss-reactive ketones (excluding diaryl/α,β-unsaturated/α-hetero) is 1. The fraction of sp³-hybridized carbons (Fsp3) is 0.188. The van der Waals surface area contributed by atoms with Gasteiger partial charge in [0.2, 0.25) is 0 Å². The molecule has 0 fully saturated rings. The van der Waals surface area contributed by atoms with Gasteiger partial charge in [-0.3, -0.25) is 4.79 Å². The van der Waals surface area contributed by atoms with E-state index in [9.17, 15) is 9.18 Å². The van der Waals surface area contributed by atoms with Crippen molar-refractivity contribution in [3.05, 3.63) is 58.4 Å². The number of hydrogen-bond acceptors (Lipinski definition) is 3. The summed E-state index contributed by atoms with van der Waals surface area (Å²) in [7, 11) is 1.37. The minimum absolute atomic E-state index is 0.0982. The third kappa shape index (κ3) is 3.73. The molecule has 21 heavy (non-hydrogen) atoms. The van der Waals surface area contributed by atoms with Gasteiger partial charge in [-0.25, -0.2) is 4.39 Å². The van der Waals surface area contributed by atoms with Crippen LogP contribution in [0.5, 0.6) is 11.5 Å². The van der Waals surface area contributed by atoms with Crippen LogP contribution in [0.1, 0.15) is 15.9 Å². The normalized spacial score (nSPS) is 10.3. The maximum Gasteiger partial charge on any atom is 0.200 e. The minimum atomic E-state index is -0.578. The number of halogens is 2. The molecule has 2 aromatic carbocycles. The van der Waals surface area contributed by atoms with Crippen molar-refractivity contribution in [2.24, 2.45) is 0 Å². The first-order valence-electron chi connectivity index (χ1n) is 6.27. The summed E-state index contributed by atoms with van der Waals surface area (Å²) in [4.78, 5) is 12.0. The van der Waals surface area contributed by atoms with Crippen molar-refractivity contribution >= 4 is 17.4 Å². The molecule has 2 rings (SSSR count). The highest BCUT2D eigenvalue weighted by atomic mass is 35.5. The number of aryl methyl sites for hydroxylation is 1. The van der Waals surface area contributed by atoms with E-state index in [0.717, 1.165) is 11.6 Å². The Labute approximate surface area is 127 Å². The molecule has 2 aromatic rings. The molecule has 0 saturated heterocycles. The zero-order valence-corrected chi connectivity index (χ0v) is 12.4. The molecule has 5 heteroatoms. The molecule has 110 valence electrons. The van der Waals surface area contributed by atoms with E-state index in [1.54, 1.807) is 18.2 Å². The molecule has 0 aliphatic heterocycles. The molecule has 0 unspecified atom stereocenters. The standard InChI is InChI=1S/C16H14ClFO3/c1-10-7-12(17)4-6-15(10)21-9-14(19)11-3-5-16(20-2)13(18)8-11/h3-8H,9H2,1-2H3.